The number of H-pyrrole nitrogens is 1. The predicted octanol–water partition coefficient (Wildman–Crippen LogP) is 3.06. The predicted molar refractivity (Wildman–Crippen MR) is 113 cm³/mol. The fourth-order valence-electron chi connectivity index (χ4n) is 3.85. The first-order chi connectivity index (χ1) is 15.1. The van der Waals surface area contributed by atoms with E-state index in [1.165, 1.54) is 7.11 Å². The second-order valence-electron chi connectivity index (χ2n) is 7.10. The van der Waals surface area contributed by atoms with E-state index in [0.717, 1.165) is 22.4 Å². The number of hydrogen-bond donors (Lipinski definition) is 1. The van der Waals surface area contributed by atoms with Gasteiger partial charge in [-0.2, -0.15) is 5.10 Å². The van der Waals surface area contributed by atoms with Crippen molar-refractivity contribution in [2.45, 2.75) is 6.04 Å². The number of rotatable bonds is 7. The molecule has 1 aliphatic rings. The van der Waals surface area contributed by atoms with Crippen molar-refractivity contribution in [2.75, 3.05) is 34.5 Å². The number of carbonyl (C=O) groups is 2. The lowest BCUT2D eigenvalue weighted by atomic mass is 9.95. The third-order valence-corrected chi connectivity index (χ3v) is 5.41. The number of fused-ring (bicyclic) bond motifs is 1. The molecule has 3 aromatic rings. The molecule has 4 rings (SSSR count). The molecule has 8 nitrogen and oxygen atoms in total. The van der Waals surface area contributed by atoms with Gasteiger partial charge < -0.3 is 19.1 Å². The highest BCUT2D eigenvalue weighted by Crippen LogP contribution is 2.42. The first kappa shape index (κ1) is 20.6. The van der Waals surface area contributed by atoms with Crippen LogP contribution < -0.4 is 4.74 Å². The van der Waals surface area contributed by atoms with Crippen molar-refractivity contribution in [1.29, 1.82) is 0 Å². The maximum absolute atomic E-state index is 13.2. The van der Waals surface area contributed by atoms with Gasteiger partial charge in [0.05, 0.1) is 38.1 Å². The number of benzene rings is 2. The Kier molecular flexibility index (Phi) is 5.73. The number of amides is 1. The zero-order valence-corrected chi connectivity index (χ0v) is 17.5. The molecule has 0 saturated carbocycles. The molecule has 1 atom stereocenters. The van der Waals surface area contributed by atoms with Crippen molar-refractivity contribution in [2.24, 2.45) is 0 Å². The minimum Gasteiger partial charge on any atom is -0.497 e. The van der Waals surface area contributed by atoms with Gasteiger partial charge in [0, 0.05) is 24.8 Å². The Morgan fingerprint density at radius 3 is 2.39 bits per heavy atom. The van der Waals surface area contributed by atoms with E-state index in [9.17, 15) is 9.59 Å². The van der Waals surface area contributed by atoms with Gasteiger partial charge in [0.15, 0.2) is 0 Å². The zero-order valence-electron chi connectivity index (χ0n) is 17.5. The summed E-state index contributed by atoms with van der Waals surface area (Å²) in [7, 11) is 4.56. The largest absolute Gasteiger partial charge is 0.497 e. The van der Waals surface area contributed by atoms with E-state index in [0.29, 0.717) is 30.1 Å². The number of aromatic amines is 1. The Morgan fingerprint density at radius 2 is 1.77 bits per heavy atom. The summed E-state index contributed by atoms with van der Waals surface area (Å²) in [5.41, 5.74) is 4.15. The third kappa shape index (κ3) is 3.66. The maximum atomic E-state index is 13.2. The summed E-state index contributed by atoms with van der Waals surface area (Å²) in [5.74, 6) is 0.193. The monoisotopic (exact) mass is 421 g/mol. The number of hydrogen-bond acceptors (Lipinski definition) is 6. The van der Waals surface area contributed by atoms with E-state index >= 15 is 0 Å². The highest BCUT2D eigenvalue weighted by atomic mass is 16.5. The van der Waals surface area contributed by atoms with Crippen molar-refractivity contribution in [3.63, 3.8) is 0 Å². The molecule has 0 saturated heterocycles. The fraction of sp³-hybridized carbons (Fsp3) is 0.261. The standard InChI is InChI=1S/C23H23N3O5/c1-29-13-12-26-21(15-4-6-16(7-5-15)23(28)31-3)18-19(24-25-20(18)22(26)27)14-8-10-17(30-2)11-9-14/h4-11,21H,12-13H2,1-3H3,(H,24,25)/t21-/m0/s1. The van der Waals surface area contributed by atoms with Gasteiger partial charge >= 0.3 is 5.97 Å². The van der Waals surface area contributed by atoms with Gasteiger partial charge in [0.2, 0.25) is 0 Å². The summed E-state index contributed by atoms with van der Waals surface area (Å²) < 4.78 is 15.3. The molecule has 160 valence electrons. The van der Waals surface area contributed by atoms with Crippen LogP contribution in [0.5, 0.6) is 5.75 Å². The molecule has 2 heterocycles. The van der Waals surface area contributed by atoms with Crippen LogP contribution in [0.4, 0.5) is 0 Å². The van der Waals surface area contributed by atoms with Crippen molar-refractivity contribution < 1.29 is 23.8 Å². The number of nitrogens with one attached hydrogen (secondary N) is 1. The molecule has 2 aromatic carbocycles. The third-order valence-electron chi connectivity index (χ3n) is 5.41. The van der Waals surface area contributed by atoms with Gasteiger partial charge in [-0.1, -0.05) is 12.1 Å². The van der Waals surface area contributed by atoms with Gasteiger partial charge in [-0.25, -0.2) is 4.79 Å². The van der Waals surface area contributed by atoms with E-state index in [-0.39, 0.29) is 11.9 Å². The number of carbonyl (C=O) groups excluding carboxylic acids is 2. The van der Waals surface area contributed by atoms with E-state index < -0.39 is 5.97 Å². The zero-order chi connectivity index (χ0) is 22.0. The van der Waals surface area contributed by atoms with Crippen molar-refractivity contribution in [3.8, 4) is 17.0 Å². The van der Waals surface area contributed by atoms with Crippen LogP contribution in [-0.4, -0.2) is 61.5 Å². The minimum atomic E-state index is -0.409. The second kappa shape index (κ2) is 8.61. The number of nitrogens with zero attached hydrogens (tertiary/aromatic N) is 2. The molecule has 1 amide bonds. The summed E-state index contributed by atoms with van der Waals surface area (Å²) in [4.78, 5) is 26.7. The van der Waals surface area contributed by atoms with Crippen LogP contribution in [0, 0.1) is 0 Å². The van der Waals surface area contributed by atoms with Crippen LogP contribution in [0.15, 0.2) is 48.5 Å². The Hall–Kier alpha value is -3.65. The number of esters is 1. The van der Waals surface area contributed by atoms with Crippen molar-refractivity contribution in [1.82, 2.24) is 15.1 Å². The molecule has 1 aromatic heterocycles. The molecular weight excluding hydrogens is 398 g/mol. The van der Waals surface area contributed by atoms with Crippen LogP contribution in [0.3, 0.4) is 0 Å². The Balaban J connectivity index is 1.79. The Labute approximate surface area is 179 Å². The maximum Gasteiger partial charge on any atom is 0.337 e. The normalized spacial score (nSPS) is 15.1. The summed E-state index contributed by atoms with van der Waals surface area (Å²) >= 11 is 0. The van der Waals surface area contributed by atoms with Gasteiger partial charge in [0.25, 0.3) is 5.91 Å². The quantitative estimate of drug-likeness (QED) is 0.590. The summed E-state index contributed by atoms with van der Waals surface area (Å²) in [6.07, 6.45) is 0. The van der Waals surface area contributed by atoms with E-state index in [1.807, 2.05) is 36.4 Å². The number of ether oxygens (including phenoxy) is 3. The first-order valence-electron chi connectivity index (χ1n) is 9.80. The van der Waals surface area contributed by atoms with E-state index in [4.69, 9.17) is 14.2 Å². The SMILES string of the molecule is COCCN1C(=O)c2[nH]nc(-c3ccc(OC)cc3)c2[C@@H]1c1ccc(C(=O)OC)cc1. The average molecular weight is 421 g/mol. The fourth-order valence-corrected chi connectivity index (χ4v) is 3.85. The van der Waals surface area contributed by atoms with Crippen LogP contribution in [0.2, 0.25) is 0 Å². The van der Waals surface area contributed by atoms with Crippen LogP contribution in [0.1, 0.15) is 38.0 Å². The molecule has 0 spiro atoms. The molecule has 0 fully saturated rings. The van der Waals surface area contributed by atoms with Gasteiger partial charge in [0.1, 0.15) is 11.4 Å². The average Bonchev–Trinajstić information content (AvgIpc) is 3.36. The lowest BCUT2D eigenvalue weighted by molar-refractivity contribution is 0.0599. The molecule has 0 radical (unpaired) electrons. The van der Waals surface area contributed by atoms with Crippen molar-refractivity contribution in [3.05, 3.63) is 70.9 Å². The molecule has 1 aliphatic heterocycles. The smallest absolute Gasteiger partial charge is 0.337 e. The van der Waals surface area contributed by atoms with E-state index in [2.05, 4.69) is 10.2 Å². The highest BCUT2D eigenvalue weighted by molar-refractivity contribution is 6.00. The van der Waals surface area contributed by atoms with Crippen LogP contribution in [-0.2, 0) is 9.47 Å². The Morgan fingerprint density at radius 1 is 1.06 bits per heavy atom. The summed E-state index contributed by atoms with van der Waals surface area (Å²) in [6.45, 7) is 0.821. The highest BCUT2D eigenvalue weighted by Gasteiger charge is 2.41. The molecule has 8 heteroatoms. The van der Waals surface area contributed by atoms with E-state index in [1.54, 1.807) is 31.3 Å². The molecule has 0 unspecified atom stereocenters. The number of aromatic nitrogens is 2. The number of methoxy groups -OCH3 is 3. The topological polar surface area (TPSA) is 93.8 Å². The first-order valence-corrected chi connectivity index (χ1v) is 9.80. The molecule has 31 heavy (non-hydrogen) atoms. The van der Waals surface area contributed by atoms with Crippen LogP contribution in [0.25, 0.3) is 11.3 Å². The second-order valence-corrected chi connectivity index (χ2v) is 7.10. The molecule has 1 N–H and O–H groups in total. The van der Waals surface area contributed by atoms with Gasteiger partial charge in [-0.15, -0.1) is 0 Å². The lowest BCUT2D eigenvalue weighted by Gasteiger charge is -2.26. The van der Waals surface area contributed by atoms with Crippen LogP contribution >= 0.6 is 0 Å². The molecular formula is C23H23N3O5. The van der Waals surface area contributed by atoms with Gasteiger partial charge in [-0.3, -0.25) is 9.89 Å². The summed E-state index contributed by atoms with van der Waals surface area (Å²) in [5, 5.41) is 7.37. The summed E-state index contributed by atoms with van der Waals surface area (Å²) in [6, 6.07) is 14.3. The Bertz CT molecular complexity index is 1090. The minimum absolute atomic E-state index is 0.138. The molecule has 0 aliphatic carbocycles. The molecule has 0 bridgehead atoms. The van der Waals surface area contributed by atoms with Gasteiger partial charge in [-0.05, 0) is 42.0 Å². The lowest BCUT2D eigenvalue weighted by Crippen LogP contribution is -2.32. The van der Waals surface area contributed by atoms with Crippen molar-refractivity contribution >= 4 is 11.9 Å².